The van der Waals surface area contributed by atoms with Gasteiger partial charge >= 0.3 is 0 Å². The standard InChI is InChI=1S/C14H29N3/c1-13(2)7-6-12(14(3,4)15-13)17-10-8-16(5)9-11-17/h12,15H,6-11H2,1-5H3. The average Bonchev–Trinajstić information content (AvgIpc) is 2.17. The molecular weight excluding hydrogens is 210 g/mol. The zero-order valence-corrected chi connectivity index (χ0v) is 12.2. The third-order valence-corrected chi connectivity index (χ3v) is 4.52. The molecule has 2 fully saturated rings. The number of piperidine rings is 1. The van der Waals surface area contributed by atoms with Crippen LogP contribution in [-0.2, 0) is 0 Å². The van der Waals surface area contributed by atoms with Crippen LogP contribution < -0.4 is 5.32 Å². The molecule has 0 saturated carbocycles. The summed E-state index contributed by atoms with van der Waals surface area (Å²) in [4.78, 5) is 5.13. The number of nitrogens with zero attached hydrogens (tertiary/aromatic N) is 2. The van der Waals surface area contributed by atoms with E-state index in [0.717, 1.165) is 0 Å². The number of hydrogen-bond acceptors (Lipinski definition) is 3. The molecular formula is C14H29N3. The van der Waals surface area contributed by atoms with Gasteiger partial charge in [-0.2, -0.15) is 0 Å². The molecule has 3 heteroatoms. The van der Waals surface area contributed by atoms with Crippen LogP contribution in [0.5, 0.6) is 0 Å². The van der Waals surface area contributed by atoms with E-state index in [4.69, 9.17) is 0 Å². The second-order valence-corrected chi connectivity index (χ2v) is 7.12. The van der Waals surface area contributed by atoms with Gasteiger partial charge in [-0.3, -0.25) is 4.90 Å². The van der Waals surface area contributed by atoms with E-state index in [9.17, 15) is 0 Å². The van der Waals surface area contributed by atoms with Gasteiger partial charge in [-0.1, -0.05) is 0 Å². The number of piperazine rings is 1. The molecule has 0 aromatic heterocycles. The second kappa shape index (κ2) is 4.52. The second-order valence-electron chi connectivity index (χ2n) is 7.12. The molecule has 1 N–H and O–H groups in total. The van der Waals surface area contributed by atoms with Crippen LogP contribution in [0.1, 0.15) is 40.5 Å². The molecule has 1 unspecified atom stereocenters. The Hall–Kier alpha value is -0.120. The van der Waals surface area contributed by atoms with Gasteiger partial charge in [-0.25, -0.2) is 0 Å². The van der Waals surface area contributed by atoms with Crippen LogP contribution in [0.25, 0.3) is 0 Å². The van der Waals surface area contributed by atoms with Crippen molar-refractivity contribution in [1.82, 2.24) is 15.1 Å². The quantitative estimate of drug-likeness (QED) is 0.749. The highest BCUT2D eigenvalue weighted by Crippen LogP contribution is 2.32. The number of likely N-dealkylation sites (N-methyl/N-ethyl adjacent to an activating group) is 1. The highest BCUT2D eigenvalue weighted by atomic mass is 15.3. The average molecular weight is 239 g/mol. The summed E-state index contributed by atoms with van der Waals surface area (Å²) in [5.41, 5.74) is 0.532. The van der Waals surface area contributed by atoms with E-state index in [1.54, 1.807) is 0 Å². The van der Waals surface area contributed by atoms with Crippen molar-refractivity contribution in [2.75, 3.05) is 33.2 Å². The van der Waals surface area contributed by atoms with E-state index >= 15 is 0 Å². The molecule has 100 valence electrons. The third kappa shape index (κ3) is 3.01. The number of hydrogen-bond donors (Lipinski definition) is 1. The van der Waals surface area contributed by atoms with Gasteiger partial charge in [0.1, 0.15) is 0 Å². The minimum Gasteiger partial charge on any atom is -0.305 e. The molecule has 2 saturated heterocycles. The van der Waals surface area contributed by atoms with Gasteiger partial charge in [-0.15, -0.1) is 0 Å². The van der Waals surface area contributed by atoms with Crippen molar-refractivity contribution in [2.24, 2.45) is 0 Å². The van der Waals surface area contributed by atoms with E-state index in [-0.39, 0.29) is 5.54 Å². The zero-order chi connectivity index (χ0) is 12.7. The molecule has 0 radical (unpaired) electrons. The van der Waals surface area contributed by atoms with Gasteiger partial charge in [0, 0.05) is 43.3 Å². The topological polar surface area (TPSA) is 18.5 Å². The first-order valence-electron chi connectivity index (χ1n) is 7.02. The maximum atomic E-state index is 3.84. The zero-order valence-electron chi connectivity index (χ0n) is 12.2. The van der Waals surface area contributed by atoms with E-state index in [0.29, 0.717) is 11.6 Å². The fourth-order valence-corrected chi connectivity index (χ4v) is 3.65. The van der Waals surface area contributed by atoms with Gasteiger partial charge in [-0.05, 0) is 47.6 Å². The summed E-state index contributed by atoms with van der Waals surface area (Å²) >= 11 is 0. The SMILES string of the molecule is CN1CCN(C2CCC(C)(C)NC2(C)C)CC1. The Kier molecular flexibility index (Phi) is 3.54. The van der Waals surface area contributed by atoms with Crippen molar-refractivity contribution >= 4 is 0 Å². The molecule has 2 aliphatic heterocycles. The smallest absolute Gasteiger partial charge is 0.0285 e. The Morgan fingerprint density at radius 3 is 2.12 bits per heavy atom. The summed E-state index contributed by atoms with van der Waals surface area (Å²) in [7, 11) is 2.23. The van der Waals surface area contributed by atoms with E-state index < -0.39 is 0 Å². The molecule has 0 aromatic carbocycles. The first-order chi connectivity index (χ1) is 7.80. The maximum absolute atomic E-state index is 3.84. The molecule has 2 heterocycles. The highest BCUT2D eigenvalue weighted by Gasteiger charge is 2.42. The fourth-order valence-electron chi connectivity index (χ4n) is 3.65. The Morgan fingerprint density at radius 1 is 1.00 bits per heavy atom. The van der Waals surface area contributed by atoms with Crippen LogP contribution >= 0.6 is 0 Å². The first-order valence-corrected chi connectivity index (χ1v) is 7.02. The van der Waals surface area contributed by atoms with Crippen LogP contribution in [-0.4, -0.2) is 60.1 Å². The van der Waals surface area contributed by atoms with Gasteiger partial charge in [0.05, 0.1) is 0 Å². The van der Waals surface area contributed by atoms with E-state index in [2.05, 4.69) is 49.9 Å². The first kappa shape index (κ1) is 13.3. The minimum atomic E-state index is 0.234. The van der Waals surface area contributed by atoms with Crippen molar-refractivity contribution in [1.29, 1.82) is 0 Å². The molecule has 17 heavy (non-hydrogen) atoms. The van der Waals surface area contributed by atoms with Crippen LogP contribution in [0.4, 0.5) is 0 Å². The van der Waals surface area contributed by atoms with Crippen molar-refractivity contribution in [3.05, 3.63) is 0 Å². The predicted octanol–water partition coefficient (Wildman–Crippen LogP) is 1.54. The van der Waals surface area contributed by atoms with Gasteiger partial charge in [0.15, 0.2) is 0 Å². The monoisotopic (exact) mass is 239 g/mol. The van der Waals surface area contributed by atoms with Crippen LogP contribution in [0.15, 0.2) is 0 Å². The van der Waals surface area contributed by atoms with E-state index in [1.807, 2.05) is 0 Å². The summed E-state index contributed by atoms with van der Waals surface area (Å²) < 4.78 is 0. The summed E-state index contributed by atoms with van der Waals surface area (Å²) in [6, 6.07) is 0.698. The number of nitrogens with one attached hydrogen (secondary N) is 1. The van der Waals surface area contributed by atoms with Gasteiger partial charge in [0.25, 0.3) is 0 Å². The lowest BCUT2D eigenvalue weighted by atomic mass is 9.78. The fraction of sp³-hybridized carbons (Fsp3) is 1.00. The van der Waals surface area contributed by atoms with Gasteiger partial charge in [0.2, 0.25) is 0 Å². The molecule has 0 spiro atoms. The predicted molar refractivity (Wildman–Crippen MR) is 73.4 cm³/mol. The largest absolute Gasteiger partial charge is 0.305 e. The van der Waals surface area contributed by atoms with Gasteiger partial charge < -0.3 is 10.2 Å². The lowest BCUT2D eigenvalue weighted by Gasteiger charge is -2.53. The van der Waals surface area contributed by atoms with Crippen molar-refractivity contribution < 1.29 is 0 Å². The Bertz CT molecular complexity index is 265. The van der Waals surface area contributed by atoms with Crippen LogP contribution in [0.2, 0.25) is 0 Å². The molecule has 0 bridgehead atoms. The lowest BCUT2D eigenvalue weighted by Crippen LogP contribution is -2.68. The Balaban J connectivity index is 2.01. The summed E-state index contributed by atoms with van der Waals surface area (Å²) in [5, 5.41) is 3.84. The summed E-state index contributed by atoms with van der Waals surface area (Å²) in [6.07, 6.45) is 2.62. The molecule has 0 aromatic rings. The maximum Gasteiger partial charge on any atom is 0.0285 e. The van der Waals surface area contributed by atoms with Crippen molar-refractivity contribution in [3.8, 4) is 0 Å². The molecule has 2 rings (SSSR count). The van der Waals surface area contributed by atoms with Crippen molar-refractivity contribution in [3.63, 3.8) is 0 Å². The van der Waals surface area contributed by atoms with Crippen LogP contribution in [0, 0.1) is 0 Å². The molecule has 3 nitrogen and oxygen atoms in total. The highest BCUT2D eigenvalue weighted by molar-refractivity contribution is 5.03. The summed E-state index contributed by atoms with van der Waals surface area (Å²) in [6.45, 7) is 14.3. The normalized spacial score (nSPS) is 34.8. The minimum absolute atomic E-state index is 0.234. The molecule has 1 atom stereocenters. The third-order valence-electron chi connectivity index (χ3n) is 4.52. The van der Waals surface area contributed by atoms with Crippen molar-refractivity contribution in [2.45, 2.75) is 57.7 Å². The number of rotatable bonds is 1. The molecule has 0 amide bonds. The Morgan fingerprint density at radius 2 is 1.59 bits per heavy atom. The molecule has 0 aliphatic carbocycles. The van der Waals surface area contributed by atoms with E-state index in [1.165, 1.54) is 39.0 Å². The lowest BCUT2D eigenvalue weighted by molar-refractivity contribution is 0.0191. The Labute approximate surface area is 107 Å². The molecule has 2 aliphatic rings. The van der Waals surface area contributed by atoms with Crippen LogP contribution in [0.3, 0.4) is 0 Å². The summed E-state index contributed by atoms with van der Waals surface area (Å²) in [5.74, 6) is 0.